The van der Waals surface area contributed by atoms with Crippen molar-refractivity contribution in [2.75, 3.05) is 0 Å². The number of carbonyl (C=O) groups excluding carboxylic acids is 1. The molecule has 3 heteroatoms. The molecule has 0 unspecified atom stereocenters. The molecule has 1 aromatic rings. The van der Waals surface area contributed by atoms with Crippen molar-refractivity contribution in [2.45, 2.75) is 70.9 Å². The van der Waals surface area contributed by atoms with Gasteiger partial charge in [-0.3, -0.25) is 4.79 Å². The molecule has 0 spiro atoms. The third kappa shape index (κ3) is 5.78. The van der Waals surface area contributed by atoms with Crippen molar-refractivity contribution in [3.8, 4) is 5.75 Å². The van der Waals surface area contributed by atoms with Crippen molar-refractivity contribution in [3.63, 3.8) is 0 Å². The van der Waals surface area contributed by atoms with Crippen LogP contribution in [-0.2, 0) is 11.3 Å². The Labute approximate surface area is 128 Å². The van der Waals surface area contributed by atoms with Crippen LogP contribution in [0.2, 0.25) is 0 Å². The average Bonchev–Trinajstić information content (AvgIpc) is 2.52. The molecule has 1 aromatic carbocycles. The molecule has 21 heavy (non-hydrogen) atoms. The van der Waals surface area contributed by atoms with Gasteiger partial charge in [-0.25, -0.2) is 0 Å². The van der Waals surface area contributed by atoms with Crippen molar-refractivity contribution in [1.29, 1.82) is 0 Å². The van der Waals surface area contributed by atoms with Crippen LogP contribution in [0.15, 0.2) is 24.3 Å². The first-order valence-electron chi connectivity index (χ1n) is 8.30. The molecular formula is C18H27NO2. The first-order chi connectivity index (χ1) is 10.3. The van der Waals surface area contributed by atoms with Crippen molar-refractivity contribution in [3.05, 3.63) is 29.8 Å². The lowest BCUT2D eigenvalue weighted by atomic mass is 9.98. The molecule has 0 saturated heterocycles. The number of unbranched alkanes of at least 4 members (excludes halogenated alkanes) is 1. The highest BCUT2D eigenvalue weighted by molar-refractivity contribution is 5.75. The molecule has 1 fully saturated rings. The number of amides is 1. The Morgan fingerprint density at radius 2 is 2.10 bits per heavy atom. The number of benzene rings is 1. The number of ether oxygens (including phenoxy) is 1. The minimum absolute atomic E-state index is 0.135. The van der Waals surface area contributed by atoms with Gasteiger partial charge in [0.05, 0.1) is 6.10 Å². The molecule has 3 nitrogen and oxygen atoms in total. The van der Waals surface area contributed by atoms with Crippen LogP contribution in [0.5, 0.6) is 5.75 Å². The van der Waals surface area contributed by atoms with E-state index in [1.807, 2.05) is 18.2 Å². The minimum atomic E-state index is 0.135. The highest BCUT2D eigenvalue weighted by Crippen LogP contribution is 2.23. The van der Waals surface area contributed by atoms with Crippen molar-refractivity contribution < 1.29 is 9.53 Å². The fourth-order valence-corrected chi connectivity index (χ4v) is 2.73. The quantitative estimate of drug-likeness (QED) is 0.816. The normalized spacial score (nSPS) is 15.7. The molecule has 116 valence electrons. The molecule has 0 bridgehead atoms. The second-order valence-electron chi connectivity index (χ2n) is 5.91. The summed E-state index contributed by atoms with van der Waals surface area (Å²) in [6, 6.07) is 8.10. The lowest BCUT2D eigenvalue weighted by Gasteiger charge is -2.23. The van der Waals surface area contributed by atoms with Crippen LogP contribution in [0.25, 0.3) is 0 Å². The lowest BCUT2D eigenvalue weighted by molar-refractivity contribution is -0.121. The lowest BCUT2D eigenvalue weighted by Crippen LogP contribution is -2.22. The fourth-order valence-electron chi connectivity index (χ4n) is 2.73. The van der Waals surface area contributed by atoms with Gasteiger partial charge in [-0.1, -0.05) is 31.9 Å². The summed E-state index contributed by atoms with van der Waals surface area (Å²) in [6.07, 6.45) is 9.21. The minimum Gasteiger partial charge on any atom is -0.490 e. The van der Waals surface area contributed by atoms with Gasteiger partial charge in [0.2, 0.25) is 5.91 Å². The summed E-state index contributed by atoms with van der Waals surface area (Å²) in [5.41, 5.74) is 1.10. The zero-order chi connectivity index (χ0) is 14.9. The van der Waals surface area contributed by atoms with Gasteiger partial charge >= 0.3 is 0 Å². The highest BCUT2D eigenvalue weighted by Gasteiger charge is 2.14. The second kappa shape index (κ2) is 8.71. The molecule has 2 rings (SSSR count). The molecular weight excluding hydrogens is 262 g/mol. The van der Waals surface area contributed by atoms with Gasteiger partial charge in [-0.15, -0.1) is 0 Å². The molecule has 1 aliphatic carbocycles. The number of carbonyl (C=O) groups is 1. The topological polar surface area (TPSA) is 38.3 Å². The van der Waals surface area contributed by atoms with Crippen LogP contribution in [0.3, 0.4) is 0 Å². The number of hydrogen-bond acceptors (Lipinski definition) is 2. The van der Waals surface area contributed by atoms with Crippen LogP contribution < -0.4 is 10.1 Å². The van der Waals surface area contributed by atoms with Gasteiger partial charge in [0.1, 0.15) is 5.75 Å². The van der Waals surface area contributed by atoms with E-state index in [9.17, 15) is 4.79 Å². The van der Waals surface area contributed by atoms with E-state index in [0.717, 1.165) is 37.0 Å². The first kappa shape index (κ1) is 15.9. The van der Waals surface area contributed by atoms with Crippen LogP contribution in [0.1, 0.15) is 63.9 Å². The van der Waals surface area contributed by atoms with Crippen molar-refractivity contribution in [2.24, 2.45) is 0 Å². The third-order valence-corrected chi connectivity index (χ3v) is 4.00. The van der Waals surface area contributed by atoms with E-state index in [1.54, 1.807) is 0 Å². The Bertz CT molecular complexity index is 439. The van der Waals surface area contributed by atoms with E-state index < -0.39 is 0 Å². The summed E-state index contributed by atoms with van der Waals surface area (Å²) in [4.78, 5) is 11.6. The van der Waals surface area contributed by atoms with Crippen LogP contribution in [-0.4, -0.2) is 12.0 Å². The first-order valence-corrected chi connectivity index (χ1v) is 8.30. The summed E-state index contributed by atoms with van der Waals surface area (Å²) >= 11 is 0. The molecule has 1 N–H and O–H groups in total. The highest BCUT2D eigenvalue weighted by atomic mass is 16.5. The van der Waals surface area contributed by atoms with Gasteiger partial charge in [0.15, 0.2) is 0 Å². The summed E-state index contributed by atoms with van der Waals surface area (Å²) in [5.74, 6) is 1.07. The molecule has 0 aromatic heterocycles. The Hall–Kier alpha value is -1.51. The summed E-state index contributed by atoms with van der Waals surface area (Å²) in [5, 5.41) is 2.97. The van der Waals surface area contributed by atoms with Gasteiger partial charge in [0.25, 0.3) is 0 Å². The van der Waals surface area contributed by atoms with E-state index >= 15 is 0 Å². The molecule has 1 saturated carbocycles. The van der Waals surface area contributed by atoms with E-state index in [-0.39, 0.29) is 5.91 Å². The Balaban J connectivity index is 1.81. The molecule has 1 amide bonds. The molecule has 0 heterocycles. The SMILES string of the molecule is CCCCC(=O)NCc1cccc(OC2CCCCC2)c1. The van der Waals surface area contributed by atoms with E-state index in [2.05, 4.69) is 18.3 Å². The maximum Gasteiger partial charge on any atom is 0.220 e. The summed E-state index contributed by atoms with van der Waals surface area (Å²) in [6.45, 7) is 2.68. The zero-order valence-corrected chi connectivity index (χ0v) is 13.1. The summed E-state index contributed by atoms with van der Waals surface area (Å²) in [7, 11) is 0. The van der Waals surface area contributed by atoms with Gasteiger partial charge < -0.3 is 10.1 Å². The standard InChI is InChI=1S/C18H27NO2/c1-2-3-12-18(20)19-14-15-8-7-11-17(13-15)21-16-9-5-4-6-10-16/h7-8,11,13,16H,2-6,9-10,12,14H2,1H3,(H,19,20). The Kier molecular flexibility index (Phi) is 6.58. The third-order valence-electron chi connectivity index (χ3n) is 4.00. The number of rotatable bonds is 7. The smallest absolute Gasteiger partial charge is 0.220 e. The number of nitrogens with one attached hydrogen (secondary N) is 1. The molecule has 0 atom stereocenters. The maximum atomic E-state index is 11.6. The van der Waals surface area contributed by atoms with Crippen LogP contribution in [0, 0.1) is 0 Å². The average molecular weight is 289 g/mol. The predicted octanol–water partition coefficient (Wildman–Crippen LogP) is 4.20. The van der Waals surface area contributed by atoms with Crippen molar-refractivity contribution in [1.82, 2.24) is 5.32 Å². The second-order valence-corrected chi connectivity index (χ2v) is 5.91. The van der Waals surface area contributed by atoms with E-state index in [1.165, 1.54) is 19.3 Å². The molecule has 0 aliphatic heterocycles. The van der Waals surface area contributed by atoms with E-state index in [0.29, 0.717) is 19.1 Å². The van der Waals surface area contributed by atoms with Crippen molar-refractivity contribution >= 4 is 5.91 Å². The monoisotopic (exact) mass is 289 g/mol. The zero-order valence-electron chi connectivity index (χ0n) is 13.1. The predicted molar refractivity (Wildman–Crippen MR) is 85.3 cm³/mol. The van der Waals surface area contributed by atoms with Gasteiger partial charge in [-0.2, -0.15) is 0 Å². The Morgan fingerprint density at radius 3 is 2.86 bits per heavy atom. The largest absolute Gasteiger partial charge is 0.490 e. The maximum absolute atomic E-state index is 11.6. The van der Waals surface area contributed by atoms with Gasteiger partial charge in [0, 0.05) is 13.0 Å². The summed E-state index contributed by atoms with van der Waals surface area (Å²) < 4.78 is 6.05. The van der Waals surface area contributed by atoms with Crippen LogP contribution >= 0.6 is 0 Å². The van der Waals surface area contributed by atoms with E-state index in [4.69, 9.17) is 4.74 Å². The fraction of sp³-hybridized carbons (Fsp3) is 0.611. The van der Waals surface area contributed by atoms with Gasteiger partial charge in [-0.05, 0) is 49.8 Å². The number of hydrogen-bond donors (Lipinski definition) is 1. The van der Waals surface area contributed by atoms with Crippen LogP contribution in [0.4, 0.5) is 0 Å². The molecule has 1 aliphatic rings. The molecule has 0 radical (unpaired) electrons. The Morgan fingerprint density at radius 1 is 1.29 bits per heavy atom.